The van der Waals surface area contributed by atoms with Crippen molar-refractivity contribution in [2.45, 2.75) is 38.6 Å². The highest BCUT2D eigenvalue weighted by Gasteiger charge is 2.28. The minimum atomic E-state index is -0.250. The van der Waals surface area contributed by atoms with Gasteiger partial charge in [0.05, 0.1) is 10.7 Å². The summed E-state index contributed by atoms with van der Waals surface area (Å²) in [5.74, 6) is 0.0710. The molecule has 2 aromatic rings. The molecular weight excluding hydrogens is 325 g/mol. The summed E-state index contributed by atoms with van der Waals surface area (Å²) in [5.41, 5.74) is 7.51. The quantitative estimate of drug-likeness (QED) is 0.873. The van der Waals surface area contributed by atoms with Gasteiger partial charge in [0.2, 0.25) is 0 Å². The molecule has 3 rings (SSSR count). The molecular formula is C18H22FN3OS. The third kappa shape index (κ3) is 3.82. The topological polar surface area (TPSA) is 68.0 Å². The van der Waals surface area contributed by atoms with Gasteiger partial charge in [0.15, 0.2) is 0 Å². The van der Waals surface area contributed by atoms with E-state index in [0.717, 1.165) is 35.5 Å². The number of aromatic nitrogens is 1. The Morgan fingerprint density at radius 3 is 2.83 bits per heavy atom. The Morgan fingerprint density at radius 2 is 2.12 bits per heavy atom. The summed E-state index contributed by atoms with van der Waals surface area (Å²) in [6, 6.07) is 6.55. The van der Waals surface area contributed by atoms with Gasteiger partial charge in [-0.2, -0.15) is 0 Å². The van der Waals surface area contributed by atoms with Crippen molar-refractivity contribution in [3.8, 4) is 0 Å². The average molecular weight is 347 g/mol. The van der Waals surface area contributed by atoms with Gasteiger partial charge in [0.1, 0.15) is 10.7 Å². The summed E-state index contributed by atoms with van der Waals surface area (Å²) in [4.78, 5) is 17.7. The maximum absolute atomic E-state index is 13.0. The lowest BCUT2D eigenvalue weighted by molar-refractivity contribution is 0.0932. The third-order valence-electron chi connectivity index (χ3n) is 4.59. The van der Waals surface area contributed by atoms with Crippen molar-refractivity contribution in [3.63, 3.8) is 0 Å². The van der Waals surface area contributed by atoms with E-state index in [1.54, 1.807) is 12.1 Å². The zero-order valence-electron chi connectivity index (χ0n) is 13.7. The summed E-state index contributed by atoms with van der Waals surface area (Å²) in [7, 11) is 0. The molecule has 0 aliphatic heterocycles. The standard InChI is InChI=1S/C18H22FN3OS/c1-11-17(18(23)22-15-4-2-3-13(15)10-20)24-16(21-11)9-12-5-7-14(19)8-6-12/h5-8,13,15H,2-4,9-10,20H2,1H3,(H,22,23). The van der Waals surface area contributed by atoms with Gasteiger partial charge in [-0.15, -0.1) is 11.3 Å². The lowest BCUT2D eigenvalue weighted by Gasteiger charge is -2.19. The van der Waals surface area contributed by atoms with Gasteiger partial charge < -0.3 is 11.1 Å². The van der Waals surface area contributed by atoms with Crippen LogP contribution in [0.2, 0.25) is 0 Å². The summed E-state index contributed by atoms with van der Waals surface area (Å²) in [6.45, 7) is 2.47. The number of benzene rings is 1. The van der Waals surface area contributed by atoms with Gasteiger partial charge in [0.25, 0.3) is 5.91 Å². The fraction of sp³-hybridized carbons (Fsp3) is 0.444. The van der Waals surface area contributed by atoms with E-state index in [4.69, 9.17) is 5.73 Å². The number of hydrogen-bond donors (Lipinski definition) is 2. The smallest absolute Gasteiger partial charge is 0.263 e. The van der Waals surface area contributed by atoms with Crippen LogP contribution in [0.25, 0.3) is 0 Å². The maximum atomic E-state index is 13.0. The Kier molecular flexibility index (Phi) is 5.26. The van der Waals surface area contributed by atoms with Crippen LogP contribution < -0.4 is 11.1 Å². The molecule has 0 saturated heterocycles. The van der Waals surface area contributed by atoms with E-state index in [1.165, 1.54) is 23.5 Å². The van der Waals surface area contributed by atoms with Crippen LogP contribution in [0.4, 0.5) is 4.39 Å². The highest BCUT2D eigenvalue weighted by atomic mass is 32.1. The number of nitrogens with two attached hydrogens (primary N) is 1. The zero-order valence-corrected chi connectivity index (χ0v) is 14.5. The van der Waals surface area contributed by atoms with E-state index in [2.05, 4.69) is 10.3 Å². The summed E-state index contributed by atoms with van der Waals surface area (Å²) in [5, 5.41) is 3.99. The SMILES string of the molecule is Cc1nc(Cc2ccc(F)cc2)sc1C(=O)NC1CCCC1CN. The second-order valence-electron chi connectivity index (χ2n) is 6.33. The molecule has 1 amide bonds. The second kappa shape index (κ2) is 7.40. The maximum Gasteiger partial charge on any atom is 0.263 e. The van der Waals surface area contributed by atoms with Crippen LogP contribution in [0.3, 0.4) is 0 Å². The number of nitrogens with zero attached hydrogens (tertiary/aromatic N) is 1. The average Bonchev–Trinajstić information content (AvgIpc) is 3.15. The van der Waals surface area contributed by atoms with Crippen LogP contribution >= 0.6 is 11.3 Å². The number of carbonyl (C=O) groups excluding carboxylic acids is 1. The number of nitrogens with one attached hydrogen (secondary N) is 1. The Morgan fingerprint density at radius 1 is 1.38 bits per heavy atom. The first-order chi connectivity index (χ1) is 11.6. The third-order valence-corrected chi connectivity index (χ3v) is 5.75. The van der Waals surface area contributed by atoms with E-state index >= 15 is 0 Å². The van der Waals surface area contributed by atoms with E-state index in [9.17, 15) is 9.18 Å². The number of amides is 1. The molecule has 128 valence electrons. The number of halogens is 1. The predicted molar refractivity (Wildman–Crippen MR) is 93.7 cm³/mol. The highest BCUT2D eigenvalue weighted by molar-refractivity contribution is 7.13. The van der Waals surface area contributed by atoms with Gasteiger partial charge in [-0.1, -0.05) is 18.6 Å². The van der Waals surface area contributed by atoms with Crippen molar-refractivity contribution in [3.05, 3.63) is 51.2 Å². The van der Waals surface area contributed by atoms with E-state index < -0.39 is 0 Å². The number of carbonyl (C=O) groups is 1. The Labute approximate surface area is 145 Å². The predicted octanol–water partition coefficient (Wildman–Crippen LogP) is 3.04. The summed E-state index contributed by atoms with van der Waals surface area (Å²) >= 11 is 1.41. The monoisotopic (exact) mass is 347 g/mol. The molecule has 2 unspecified atom stereocenters. The molecule has 4 nitrogen and oxygen atoms in total. The molecule has 1 aromatic heterocycles. The van der Waals surface area contributed by atoms with Crippen molar-refractivity contribution in [2.75, 3.05) is 6.54 Å². The van der Waals surface area contributed by atoms with Crippen molar-refractivity contribution < 1.29 is 9.18 Å². The van der Waals surface area contributed by atoms with Crippen LogP contribution in [0, 0.1) is 18.7 Å². The second-order valence-corrected chi connectivity index (χ2v) is 7.42. The molecule has 1 aliphatic rings. The molecule has 3 N–H and O–H groups in total. The number of rotatable bonds is 5. The normalized spacial score (nSPS) is 20.3. The van der Waals surface area contributed by atoms with E-state index in [-0.39, 0.29) is 17.8 Å². The van der Waals surface area contributed by atoms with Crippen molar-refractivity contribution in [1.82, 2.24) is 10.3 Å². The first-order valence-electron chi connectivity index (χ1n) is 8.28. The molecule has 1 aromatic carbocycles. The molecule has 24 heavy (non-hydrogen) atoms. The molecule has 0 bridgehead atoms. The molecule has 0 spiro atoms. The molecule has 6 heteroatoms. The molecule has 2 atom stereocenters. The molecule has 1 aliphatic carbocycles. The first-order valence-corrected chi connectivity index (χ1v) is 9.10. The molecule has 1 saturated carbocycles. The first kappa shape index (κ1) is 17.0. The van der Waals surface area contributed by atoms with Gasteiger partial charge in [0, 0.05) is 12.5 Å². The van der Waals surface area contributed by atoms with Gasteiger partial charge in [-0.25, -0.2) is 9.37 Å². The van der Waals surface area contributed by atoms with Crippen LogP contribution in [-0.4, -0.2) is 23.5 Å². The van der Waals surface area contributed by atoms with Gasteiger partial charge in [-0.05, 0) is 49.9 Å². The summed E-state index contributed by atoms with van der Waals surface area (Å²) in [6.07, 6.45) is 3.80. The zero-order chi connectivity index (χ0) is 17.1. The lowest BCUT2D eigenvalue weighted by atomic mass is 10.0. The van der Waals surface area contributed by atoms with Crippen LogP contribution in [0.15, 0.2) is 24.3 Å². The minimum Gasteiger partial charge on any atom is -0.348 e. The Balaban J connectivity index is 1.69. The summed E-state index contributed by atoms with van der Waals surface area (Å²) < 4.78 is 13.0. The van der Waals surface area contributed by atoms with Crippen molar-refractivity contribution in [1.29, 1.82) is 0 Å². The van der Waals surface area contributed by atoms with Gasteiger partial charge in [-0.3, -0.25) is 4.79 Å². The lowest BCUT2D eigenvalue weighted by Crippen LogP contribution is -2.39. The van der Waals surface area contributed by atoms with Crippen LogP contribution in [0.1, 0.15) is 45.2 Å². The minimum absolute atomic E-state index is 0.0549. The van der Waals surface area contributed by atoms with Crippen molar-refractivity contribution >= 4 is 17.2 Å². The number of hydrogen-bond acceptors (Lipinski definition) is 4. The molecule has 0 radical (unpaired) electrons. The molecule has 1 fully saturated rings. The number of aryl methyl sites for hydroxylation is 1. The largest absolute Gasteiger partial charge is 0.348 e. The fourth-order valence-corrected chi connectivity index (χ4v) is 4.26. The van der Waals surface area contributed by atoms with Crippen LogP contribution in [0.5, 0.6) is 0 Å². The molecule has 1 heterocycles. The Hall–Kier alpha value is -1.79. The Bertz CT molecular complexity index is 714. The van der Waals surface area contributed by atoms with Gasteiger partial charge >= 0.3 is 0 Å². The fourth-order valence-electron chi connectivity index (χ4n) is 3.26. The van der Waals surface area contributed by atoms with Crippen LogP contribution in [-0.2, 0) is 6.42 Å². The van der Waals surface area contributed by atoms with Crippen molar-refractivity contribution in [2.24, 2.45) is 11.7 Å². The number of thiazole rings is 1. The van der Waals surface area contributed by atoms with E-state index in [1.807, 2.05) is 6.92 Å². The van der Waals surface area contributed by atoms with E-state index in [0.29, 0.717) is 23.8 Å². The highest BCUT2D eigenvalue weighted by Crippen LogP contribution is 2.26.